The zero-order valence-corrected chi connectivity index (χ0v) is 19.9. The monoisotopic (exact) mass is 464 g/mol. The fourth-order valence-electron chi connectivity index (χ4n) is 4.86. The summed E-state index contributed by atoms with van der Waals surface area (Å²) in [6, 6.07) is 35.1. The molecule has 0 amide bonds. The number of carbonyl (C=O) groups excluding carboxylic acids is 1. The van der Waals surface area contributed by atoms with Gasteiger partial charge in [0.05, 0.1) is 12.7 Å². The highest BCUT2D eigenvalue weighted by Crippen LogP contribution is 2.59. The minimum atomic E-state index is -3.21. The van der Waals surface area contributed by atoms with Gasteiger partial charge in [-0.15, -0.1) is 0 Å². The number of hydrogen-bond acceptors (Lipinski definition) is 3. The first-order valence-corrected chi connectivity index (χ1v) is 13.1. The molecule has 4 aromatic carbocycles. The van der Waals surface area contributed by atoms with E-state index in [-0.39, 0.29) is 0 Å². The van der Waals surface area contributed by atoms with Crippen LogP contribution in [0.1, 0.15) is 33.5 Å². The first-order chi connectivity index (χ1) is 16.6. The molecule has 0 unspecified atom stereocenters. The average Bonchev–Trinajstić information content (AvgIpc) is 2.92. The van der Waals surface area contributed by atoms with Gasteiger partial charge in [-0.25, -0.2) is 4.79 Å². The molecule has 168 valence electrons. The van der Waals surface area contributed by atoms with Crippen LogP contribution < -0.4 is 10.6 Å². The Morgan fingerprint density at radius 3 is 1.82 bits per heavy atom. The summed E-state index contributed by atoms with van der Waals surface area (Å²) in [5.74, 6) is -0.403. The van der Waals surface area contributed by atoms with Crippen LogP contribution in [0.2, 0.25) is 0 Å². The maximum atomic E-state index is 15.3. The molecule has 0 aliphatic heterocycles. The molecule has 0 aromatic heterocycles. The van der Waals surface area contributed by atoms with E-state index in [4.69, 9.17) is 4.74 Å². The van der Waals surface area contributed by atoms with E-state index in [2.05, 4.69) is 12.1 Å². The number of aryl methyl sites for hydroxylation is 1. The van der Waals surface area contributed by atoms with E-state index in [1.807, 2.05) is 91.0 Å². The number of allylic oxidation sites excluding steroid dienone is 1. The number of benzene rings is 4. The number of carbonyl (C=O) groups is 1. The van der Waals surface area contributed by atoms with Crippen LogP contribution >= 0.6 is 7.14 Å². The largest absolute Gasteiger partial charge is 0.465 e. The Morgan fingerprint density at radius 2 is 1.21 bits per heavy atom. The zero-order chi connectivity index (χ0) is 23.5. The molecule has 0 heterocycles. The lowest BCUT2D eigenvalue weighted by Gasteiger charge is -2.31. The van der Waals surface area contributed by atoms with Crippen LogP contribution in [0, 0.1) is 0 Å². The fraction of sp³-hybridized carbons (Fsp3) is 0.100. The Kier molecular flexibility index (Phi) is 6.04. The highest BCUT2D eigenvalue weighted by atomic mass is 31.2. The maximum absolute atomic E-state index is 15.3. The van der Waals surface area contributed by atoms with Gasteiger partial charge in [-0.2, -0.15) is 0 Å². The standard InChI is InChI=1S/C30H25O3P/c1-33-30(31)27-19-11-10-18-26(27)29-25-17-9-8-12-22(25)20-21-28(29)34(32,23-13-4-2-5-14-23)24-15-6-3-7-16-24/h2-19H,20-21H2,1H3. The lowest BCUT2D eigenvalue weighted by molar-refractivity contribution is 0.0600. The summed E-state index contributed by atoms with van der Waals surface area (Å²) < 4.78 is 20.5. The van der Waals surface area contributed by atoms with Crippen LogP contribution in [0.15, 0.2) is 115 Å². The number of ether oxygens (including phenoxy) is 1. The van der Waals surface area contributed by atoms with Gasteiger partial charge in [0.25, 0.3) is 0 Å². The second kappa shape index (κ2) is 9.29. The summed E-state index contributed by atoms with van der Waals surface area (Å²) in [6.07, 6.45) is 1.43. The molecular weight excluding hydrogens is 439 g/mol. The Balaban J connectivity index is 1.91. The van der Waals surface area contributed by atoms with Crippen molar-refractivity contribution in [2.75, 3.05) is 7.11 Å². The van der Waals surface area contributed by atoms with Gasteiger partial charge < -0.3 is 9.30 Å². The van der Waals surface area contributed by atoms with Crippen molar-refractivity contribution in [3.63, 3.8) is 0 Å². The van der Waals surface area contributed by atoms with E-state index in [0.717, 1.165) is 39.0 Å². The summed E-state index contributed by atoms with van der Waals surface area (Å²) in [5.41, 5.74) is 4.31. The number of esters is 1. The van der Waals surface area contributed by atoms with Crippen molar-refractivity contribution in [2.45, 2.75) is 12.8 Å². The van der Waals surface area contributed by atoms with Crippen LogP contribution in [0.4, 0.5) is 0 Å². The van der Waals surface area contributed by atoms with Gasteiger partial charge in [0.15, 0.2) is 7.14 Å². The Labute approximate surface area is 200 Å². The van der Waals surface area contributed by atoms with Crippen molar-refractivity contribution in [3.8, 4) is 0 Å². The first-order valence-electron chi connectivity index (χ1n) is 11.4. The van der Waals surface area contributed by atoms with E-state index in [0.29, 0.717) is 12.0 Å². The van der Waals surface area contributed by atoms with Gasteiger partial charge in [0, 0.05) is 15.9 Å². The summed E-state index contributed by atoms with van der Waals surface area (Å²) in [4.78, 5) is 12.8. The predicted molar refractivity (Wildman–Crippen MR) is 138 cm³/mol. The molecule has 4 aromatic rings. The van der Waals surface area contributed by atoms with Crippen LogP contribution in [0.25, 0.3) is 5.57 Å². The van der Waals surface area contributed by atoms with Crippen molar-refractivity contribution in [1.29, 1.82) is 0 Å². The summed E-state index contributed by atoms with van der Waals surface area (Å²) >= 11 is 0. The van der Waals surface area contributed by atoms with Crippen molar-refractivity contribution in [2.24, 2.45) is 0 Å². The third-order valence-corrected chi connectivity index (χ3v) is 9.69. The van der Waals surface area contributed by atoms with E-state index in [9.17, 15) is 4.79 Å². The highest BCUT2D eigenvalue weighted by molar-refractivity contribution is 7.82. The minimum Gasteiger partial charge on any atom is -0.465 e. The first kappa shape index (κ1) is 22.1. The lowest BCUT2D eigenvalue weighted by atomic mass is 9.85. The Hall–Kier alpha value is -3.68. The molecular formula is C30H25O3P. The van der Waals surface area contributed by atoms with E-state index < -0.39 is 13.1 Å². The average molecular weight is 465 g/mol. The van der Waals surface area contributed by atoms with Crippen LogP contribution in [0.3, 0.4) is 0 Å². The maximum Gasteiger partial charge on any atom is 0.338 e. The molecule has 1 aliphatic rings. The van der Waals surface area contributed by atoms with Crippen molar-refractivity contribution in [3.05, 3.63) is 137 Å². The molecule has 0 bridgehead atoms. The van der Waals surface area contributed by atoms with Crippen molar-refractivity contribution >= 4 is 29.3 Å². The Bertz CT molecular complexity index is 1380. The summed E-state index contributed by atoms with van der Waals surface area (Å²) in [7, 11) is -1.82. The molecule has 34 heavy (non-hydrogen) atoms. The van der Waals surface area contributed by atoms with Gasteiger partial charge in [-0.3, -0.25) is 0 Å². The summed E-state index contributed by atoms with van der Waals surface area (Å²) in [5, 5.41) is 2.47. The molecule has 0 radical (unpaired) electrons. The zero-order valence-electron chi connectivity index (χ0n) is 19.0. The predicted octanol–water partition coefficient (Wildman–Crippen LogP) is 6.19. The highest BCUT2D eigenvalue weighted by Gasteiger charge is 2.37. The molecule has 0 fully saturated rings. The number of hydrogen-bond donors (Lipinski definition) is 0. The third kappa shape index (κ3) is 3.73. The van der Waals surface area contributed by atoms with E-state index in [1.165, 1.54) is 12.7 Å². The van der Waals surface area contributed by atoms with Crippen LogP contribution in [-0.2, 0) is 15.7 Å². The number of fused-ring (bicyclic) bond motifs is 1. The molecule has 0 saturated heterocycles. The van der Waals surface area contributed by atoms with Gasteiger partial charge >= 0.3 is 5.97 Å². The lowest BCUT2D eigenvalue weighted by Crippen LogP contribution is -2.21. The van der Waals surface area contributed by atoms with Crippen LogP contribution in [-0.4, -0.2) is 13.1 Å². The minimum absolute atomic E-state index is 0.403. The van der Waals surface area contributed by atoms with Crippen LogP contribution in [0.5, 0.6) is 0 Å². The molecule has 1 aliphatic carbocycles. The molecule has 0 atom stereocenters. The van der Waals surface area contributed by atoms with Gasteiger partial charge in [0.2, 0.25) is 0 Å². The molecule has 4 heteroatoms. The van der Waals surface area contributed by atoms with Crippen molar-refractivity contribution in [1.82, 2.24) is 0 Å². The molecule has 3 nitrogen and oxygen atoms in total. The van der Waals surface area contributed by atoms with Crippen molar-refractivity contribution < 1.29 is 14.1 Å². The van der Waals surface area contributed by atoms with Gasteiger partial charge in [-0.1, -0.05) is 103 Å². The SMILES string of the molecule is COC(=O)c1ccccc1C1=C(P(=O)(c2ccccc2)c2ccccc2)CCc2ccccc21. The number of methoxy groups -OCH3 is 1. The third-order valence-electron chi connectivity index (χ3n) is 6.43. The molecule has 5 rings (SSSR count). The second-order valence-corrected chi connectivity index (χ2v) is 11.1. The summed E-state index contributed by atoms with van der Waals surface area (Å²) in [6.45, 7) is 0. The fourth-order valence-corrected chi connectivity index (χ4v) is 7.94. The quantitative estimate of drug-likeness (QED) is 0.261. The topological polar surface area (TPSA) is 43.4 Å². The normalized spacial score (nSPS) is 13.3. The van der Waals surface area contributed by atoms with Gasteiger partial charge in [-0.05, 0) is 41.2 Å². The molecule has 0 N–H and O–H groups in total. The molecule has 0 spiro atoms. The van der Waals surface area contributed by atoms with Gasteiger partial charge in [0.1, 0.15) is 0 Å². The Morgan fingerprint density at radius 1 is 0.676 bits per heavy atom. The van der Waals surface area contributed by atoms with E-state index >= 15 is 4.57 Å². The molecule has 0 saturated carbocycles. The smallest absolute Gasteiger partial charge is 0.338 e. The second-order valence-electron chi connectivity index (χ2n) is 8.30. The number of rotatable bonds is 5. The van der Waals surface area contributed by atoms with E-state index in [1.54, 1.807) is 6.07 Å².